The minimum atomic E-state index is -2.65. The van der Waals surface area contributed by atoms with Crippen molar-refractivity contribution in [1.82, 2.24) is 5.32 Å². The molecule has 2 aromatic rings. The van der Waals surface area contributed by atoms with Crippen LogP contribution in [0.3, 0.4) is 0 Å². The number of rotatable bonds is 7. The fraction of sp³-hybridized carbons (Fsp3) is 0.429. The van der Waals surface area contributed by atoms with Gasteiger partial charge in [0.1, 0.15) is 29.9 Å². The molecule has 1 N–H and O–H groups in total. The molecule has 9 heteroatoms. The molecule has 0 spiro atoms. The second-order valence-electron chi connectivity index (χ2n) is 10.5. The third-order valence-electron chi connectivity index (χ3n) is 4.79. The summed E-state index contributed by atoms with van der Waals surface area (Å²) in [4.78, 5) is 39.1. The number of hydrogen-bond acceptors (Lipinski definition) is 8. The van der Waals surface area contributed by atoms with Gasteiger partial charge in [-0.15, -0.1) is 0 Å². The Balaban J connectivity index is 2.53. The van der Waals surface area contributed by atoms with Crippen molar-refractivity contribution in [1.29, 1.82) is 5.26 Å². The maximum absolute atomic E-state index is 13.5. The number of aryl methyl sites for hydroxylation is 1. The van der Waals surface area contributed by atoms with Crippen LogP contribution in [-0.2, 0) is 30.3 Å². The summed E-state index contributed by atoms with van der Waals surface area (Å²) in [6.07, 6.45) is -2.22. The number of nitriles is 1. The van der Waals surface area contributed by atoms with E-state index in [0.29, 0.717) is 11.1 Å². The van der Waals surface area contributed by atoms with Crippen molar-refractivity contribution in [2.24, 2.45) is 0 Å². The number of esters is 1. The van der Waals surface area contributed by atoms with E-state index >= 15 is 0 Å². The summed E-state index contributed by atoms with van der Waals surface area (Å²) >= 11 is 0. The number of amides is 1. The van der Waals surface area contributed by atoms with E-state index in [9.17, 15) is 19.6 Å². The van der Waals surface area contributed by atoms with Gasteiger partial charge < -0.3 is 24.3 Å². The van der Waals surface area contributed by atoms with Crippen molar-refractivity contribution < 1.29 is 33.3 Å². The lowest BCUT2D eigenvalue weighted by molar-refractivity contribution is -0.176. The number of hydrogen-bond donors (Lipinski definition) is 1. The Bertz CT molecular complexity index is 1130. The van der Waals surface area contributed by atoms with Crippen LogP contribution in [0.4, 0.5) is 9.59 Å². The van der Waals surface area contributed by atoms with E-state index in [-0.39, 0.29) is 6.61 Å². The summed E-state index contributed by atoms with van der Waals surface area (Å²) in [6.45, 7) is 11.5. The Hall–Kier alpha value is -4.06. The predicted octanol–water partition coefficient (Wildman–Crippen LogP) is 5.52. The molecule has 0 aliphatic rings. The molecule has 0 aliphatic carbocycles. The highest BCUT2D eigenvalue weighted by Gasteiger charge is 2.55. The van der Waals surface area contributed by atoms with Crippen molar-refractivity contribution in [2.45, 2.75) is 77.9 Å². The first kappa shape index (κ1) is 29.2. The number of nitrogens with zero attached hydrogens (tertiary/aromatic N) is 1. The lowest BCUT2D eigenvalue weighted by Gasteiger charge is -2.35. The van der Waals surface area contributed by atoms with Gasteiger partial charge in [0.2, 0.25) is 0 Å². The topological polar surface area (TPSA) is 124 Å². The van der Waals surface area contributed by atoms with Gasteiger partial charge in [-0.1, -0.05) is 60.2 Å². The fourth-order valence-corrected chi connectivity index (χ4v) is 3.19. The van der Waals surface area contributed by atoms with Crippen LogP contribution in [0.25, 0.3) is 0 Å². The molecule has 37 heavy (non-hydrogen) atoms. The number of nitrogens with one attached hydrogen (secondary N) is 1. The van der Waals surface area contributed by atoms with E-state index in [2.05, 4.69) is 5.32 Å². The highest BCUT2D eigenvalue weighted by Crippen LogP contribution is 2.33. The Morgan fingerprint density at radius 1 is 0.865 bits per heavy atom. The number of carbonyl (C=O) groups excluding carboxylic acids is 3. The Kier molecular flexibility index (Phi) is 9.29. The molecule has 0 heterocycles. The first-order chi connectivity index (χ1) is 17.1. The Labute approximate surface area is 217 Å². The predicted molar refractivity (Wildman–Crippen MR) is 135 cm³/mol. The Morgan fingerprint density at radius 3 is 1.95 bits per heavy atom. The van der Waals surface area contributed by atoms with Crippen LogP contribution in [0.5, 0.6) is 0 Å². The van der Waals surface area contributed by atoms with E-state index in [4.69, 9.17) is 18.9 Å². The molecule has 0 aromatic heterocycles. The molecule has 198 valence electrons. The average Bonchev–Trinajstić information content (AvgIpc) is 2.79. The Morgan fingerprint density at radius 2 is 1.43 bits per heavy atom. The van der Waals surface area contributed by atoms with Crippen molar-refractivity contribution in [3.05, 3.63) is 71.3 Å². The molecule has 2 rings (SSSR count). The first-order valence-electron chi connectivity index (χ1n) is 11.8. The number of carbonyl (C=O) groups is 3. The molecule has 0 saturated heterocycles. The van der Waals surface area contributed by atoms with Gasteiger partial charge in [0, 0.05) is 0 Å². The van der Waals surface area contributed by atoms with Gasteiger partial charge in [-0.2, -0.15) is 5.26 Å². The number of benzene rings is 2. The molecule has 2 aromatic carbocycles. The van der Waals surface area contributed by atoms with Crippen LogP contribution in [0.2, 0.25) is 0 Å². The van der Waals surface area contributed by atoms with Gasteiger partial charge in [0.05, 0.1) is 0 Å². The summed E-state index contributed by atoms with van der Waals surface area (Å²) in [6, 6.07) is 15.8. The lowest BCUT2D eigenvalue weighted by Crippen LogP contribution is -2.56. The van der Waals surface area contributed by atoms with Gasteiger partial charge in [0.25, 0.3) is 0 Å². The zero-order valence-electron chi connectivity index (χ0n) is 22.3. The highest BCUT2D eigenvalue weighted by molar-refractivity contribution is 5.88. The first-order valence-corrected chi connectivity index (χ1v) is 11.8. The monoisotopic (exact) mass is 510 g/mol. The average molecular weight is 511 g/mol. The molecule has 0 unspecified atom stereocenters. The fourth-order valence-electron chi connectivity index (χ4n) is 3.19. The quantitative estimate of drug-likeness (QED) is 0.381. The van der Waals surface area contributed by atoms with Gasteiger partial charge in [-0.05, 0) is 59.6 Å². The largest absolute Gasteiger partial charge is 0.510 e. The molecular weight excluding hydrogens is 476 g/mol. The second-order valence-corrected chi connectivity index (χ2v) is 10.5. The molecule has 1 amide bonds. The molecule has 0 saturated carbocycles. The lowest BCUT2D eigenvalue weighted by atomic mass is 9.88. The van der Waals surface area contributed by atoms with Crippen LogP contribution in [-0.4, -0.2) is 35.0 Å². The summed E-state index contributed by atoms with van der Waals surface area (Å²) in [7, 11) is 0. The third kappa shape index (κ3) is 8.83. The van der Waals surface area contributed by atoms with E-state index in [0.717, 1.165) is 5.56 Å². The number of alkyl carbamates (subject to hydrolysis) is 1. The van der Waals surface area contributed by atoms with Gasteiger partial charge in [0.15, 0.2) is 0 Å². The summed E-state index contributed by atoms with van der Waals surface area (Å²) in [5, 5.41) is 12.9. The maximum Gasteiger partial charge on any atom is 0.510 e. The van der Waals surface area contributed by atoms with Crippen molar-refractivity contribution >= 4 is 18.2 Å². The van der Waals surface area contributed by atoms with Gasteiger partial charge in [-0.3, -0.25) is 0 Å². The van der Waals surface area contributed by atoms with E-state index in [1.807, 2.05) is 6.92 Å². The molecule has 0 bridgehead atoms. The SMILES string of the molecule is Cc1ccc([C@@H](NC(=O)OC(C)(C)C)[C@](C#N)(OC(=O)OCc2ccccc2)C(=O)OC(C)(C)C)cc1. The van der Waals surface area contributed by atoms with E-state index < -0.39 is 41.1 Å². The molecule has 0 aliphatic heterocycles. The summed E-state index contributed by atoms with van der Waals surface area (Å²) in [5.74, 6) is -1.18. The molecule has 0 fully saturated rings. The summed E-state index contributed by atoms with van der Waals surface area (Å²) in [5.41, 5.74) is -2.70. The van der Waals surface area contributed by atoms with Crippen LogP contribution in [0.1, 0.15) is 64.3 Å². The van der Waals surface area contributed by atoms with Crippen molar-refractivity contribution in [2.75, 3.05) is 0 Å². The summed E-state index contributed by atoms with van der Waals surface area (Å²) < 4.78 is 21.5. The van der Waals surface area contributed by atoms with Gasteiger partial charge >= 0.3 is 23.8 Å². The molecule has 9 nitrogen and oxygen atoms in total. The normalized spacial score (nSPS) is 13.8. The van der Waals surface area contributed by atoms with Crippen LogP contribution in [0, 0.1) is 18.3 Å². The zero-order chi connectivity index (χ0) is 27.9. The molecular formula is C28H34N2O7. The van der Waals surface area contributed by atoms with Crippen molar-refractivity contribution in [3.63, 3.8) is 0 Å². The maximum atomic E-state index is 13.5. The van der Waals surface area contributed by atoms with Crippen molar-refractivity contribution in [3.8, 4) is 6.07 Å². The molecule has 2 atom stereocenters. The number of ether oxygens (including phenoxy) is 4. The van der Waals surface area contributed by atoms with Crippen LogP contribution < -0.4 is 5.32 Å². The standard InChI is InChI=1S/C28H34N2O7/c1-19-13-15-21(16-14-19)22(30-24(32)36-27(5,6)7)28(18-29,23(31)35-26(2,3)4)37-25(33)34-17-20-11-9-8-10-12-20/h8-16,22H,17H2,1-7H3,(H,30,32)/t22-,28+/m1/s1. The zero-order valence-corrected chi connectivity index (χ0v) is 22.3. The smallest absolute Gasteiger partial charge is 0.456 e. The minimum absolute atomic E-state index is 0.163. The molecule has 0 radical (unpaired) electrons. The van der Waals surface area contributed by atoms with Gasteiger partial charge in [-0.25, -0.2) is 14.4 Å². The van der Waals surface area contributed by atoms with E-state index in [1.165, 1.54) is 0 Å². The highest BCUT2D eigenvalue weighted by atomic mass is 16.7. The third-order valence-corrected chi connectivity index (χ3v) is 4.79. The van der Waals surface area contributed by atoms with Crippen LogP contribution in [0.15, 0.2) is 54.6 Å². The minimum Gasteiger partial charge on any atom is -0.456 e. The van der Waals surface area contributed by atoms with Crippen LogP contribution >= 0.6 is 0 Å². The second kappa shape index (κ2) is 11.8. The van der Waals surface area contributed by atoms with E-state index in [1.54, 1.807) is 102 Å².